The molecule has 0 unspecified atom stereocenters. The van der Waals surface area contributed by atoms with Gasteiger partial charge in [0.1, 0.15) is 0 Å². The van der Waals surface area contributed by atoms with Crippen LogP contribution in [0.2, 0.25) is 0 Å². The van der Waals surface area contributed by atoms with E-state index in [9.17, 15) is 0 Å². The van der Waals surface area contributed by atoms with E-state index >= 15 is 0 Å². The van der Waals surface area contributed by atoms with E-state index in [-0.39, 0.29) is 5.69 Å². The van der Waals surface area contributed by atoms with E-state index < -0.39 is 26.1 Å². The largest absolute Gasteiger partial charge is 0.378 e. The summed E-state index contributed by atoms with van der Waals surface area (Å²) in [6, 6.07) is 4.57. The Kier molecular flexibility index (Phi) is 1.28. The third kappa shape index (κ3) is 2.10. The van der Waals surface area contributed by atoms with Crippen LogP contribution in [0.4, 0.5) is 5.69 Å². The highest BCUT2D eigenvalue weighted by molar-refractivity contribution is 9.10. The number of aryl methyl sites for hydroxylation is 1. The molecule has 1 aromatic rings. The molecule has 1 fully saturated rings. The van der Waals surface area contributed by atoms with Crippen LogP contribution in [-0.4, -0.2) is 26.1 Å². The predicted molar refractivity (Wildman–Crippen MR) is 61.9 cm³/mol. The van der Waals surface area contributed by atoms with Gasteiger partial charge in [0.15, 0.2) is 0 Å². The Labute approximate surface area is 104 Å². The molecule has 2 nitrogen and oxygen atoms in total. The molecule has 14 heavy (non-hydrogen) atoms. The van der Waals surface area contributed by atoms with Crippen LogP contribution in [0.25, 0.3) is 0 Å². The molecule has 1 aromatic carbocycles. The topological polar surface area (TPSA) is 12.5 Å². The van der Waals surface area contributed by atoms with Crippen molar-refractivity contribution in [3.05, 3.63) is 28.2 Å². The highest BCUT2D eigenvalue weighted by Crippen LogP contribution is 2.24. The molecule has 0 spiro atoms. The number of ether oxygens (including phenoxy) is 1. The van der Waals surface area contributed by atoms with Crippen LogP contribution in [0.3, 0.4) is 0 Å². The van der Waals surface area contributed by atoms with Crippen molar-refractivity contribution in [1.29, 1.82) is 0 Å². The quantitative estimate of drug-likeness (QED) is 0.773. The molecule has 0 amide bonds. The van der Waals surface area contributed by atoms with Crippen molar-refractivity contribution in [3.8, 4) is 0 Å². The summed E-state index contributed by atoms with van der Waals surface area (Å²) in [6.45, 7) is -10.3. The van der Waals surface area contributed by atoms with E-state index in [1.54, 1.807) is 19.1 Å². The maximum Gasteiger partial charge on any atom is 0.0642 e. The molecule has 0 atom stereocenters. The minimum atomic E-state index is -3.04. The number of halogens is 1. The normalized spacial score (nSPS) is 40.0. The fraction of sp³-hybridized carbons (Fsp3) is 0.455. The predicted octanol–water partition coefficient (Wildman–Crippen LogP) is 2.59. The van der Waals surface area contributed by atoms with Gasteiger partial charge in [-0.15, -0.1) is 0 Å². The van der Waals surface area contributed by atoms with Crippen LogP contribution >= 0.6 is 15.9 Å². The molecule has 0 bridgehead atoms. The van der Waals surface area contributed by atoms with Crippen molar-refractivity contribution >= 4 is 21.6 Å². The smallest absolute Gasteiger partial charge is 0.0642 e. The van der Waals surface area contributed by atoms with E-state index in [1.807, 2.05) is 0 Å². The Bertz CT molecular complexity index is 580. The van der Waals surface area contributed by atoms with Crippen LogP contribution < -0.4 is 4.90 Å². The first-order valence-electron chi connectivity index (χ1n) is 8.01. The molecule has 1 heterocycles. The van der Waals surface area contributed by atoms with Gasteiger partial charge in [-0.3, -0.25) is 0 Å². The third-order valence-electron chi connectivity index (χ3n) is 1.82. The van der Waals surface area contributed by atoms with Crippen molar-refractivity contribution in [2.75, 3.05) is 31.0 Å². The molecule has 1 aliphatic rings. The van der Waals surface area contributed by atoms with Crippen molar-refractivity contribution in [2.24, 2.45) is 0 Å². The summed E-state index contributed by atoms with van der Waals surface area (Å²) in [5.74, 6) is 0. The summed E-state index contributed by atoms with van der Waals surface area (Å²) in [4.78, 5) is 0.477. The number of rotatable bonds is 1. The lowest BCUT2D eigenvalue weighted by atomic mass is 10.2. The number of hydrogen-bond donors (Lipinski definition) is 0. The van der Waals surface area contributed by atoms with Gasteiger partial charge in [-0.25, -0.2) is 0 Å². The zero-order chi connectivity index (χ0) is 17.1. The molecule has 2 rings (SSSR count). The standard InChI is InChI=1S/C11H14BrNO/c1-9-8-10(12)2-3-11(9)13-4-6-14-7-5-13/h2-3,8H,4-7H2,1H3/i4D2,5D2,6D2,7D2. The third-order valence-corrected chi connectivity index (χ3v) is 2.31. The number of morpholine rings is 1. The van der Waals surface area contributed by atoms with Crippen LogP contribution in [0.15, 0.2) is 22.7 Å². The molecular formula is C11H14BrNO. The summed E-state index contributed by atoms with van der Waals surface area (Å²) in [7, 11) is 0. The summed E-state index contributed by atoms with van der Waals surface area (Å²) < 4.78 is 67.7. The lowest BCUT2D eigenvalue weighted by Crippen LogP contribution is -2.36. The summed E-state index contributed by atoms with van der Waals surface area (Å²) in [5, 5.41) is 0. The first-order chi connectivity index (χ1) is 9.74. The lowest BCUT2D eigenvalue weighted by molar-refractivity contribution is 0.122. The maximum absolute atomic E-state index is 7.98. The molecule has 1 aliphatic heterocycles. The van der Waals surface area contributed by atoms with Crippen LogP contribution in [-0.2, 0) is 4.74 Å². The van der Waals surface area contributed by atoms with Crippen molar-refractivity contribution in [3.63, 3.8) is 0 Å². The van der Waals surface area contributed by atoms with Gasteiger partial charge < -0.3 is 9.64 Å². The van der Waals surface area contributed by atoms with Gasteiger partial charge in [-0.1, -0.05) is 15.9 Å². The zero-order valence-corrected chi connectivity index (χ0v) is 9.05. The first-order valence-corrected chi connectivity index (χ1v) is 4.80. The van der Waals surface area contributed by atoms with E-state index in [1.165, 1.54) is 6.07 Å². The van der Waals surface area contributed by atoms with E-state index in [4.69, 9.17) is 11.0 Å². The molecule has 3 heteroatoms. The van der Waals surface area contributed by atoms with Gasteiger partial charge in [0.2, 0.25) is 0 Å². The lowest BCUT2D eigenvalue weighted by Gasteiger charge is -2.30. The van der Waals surface area contributed by atoms with Gasteiger partial charge in [0.25, 0.3) is 0 Å². The average molecular weight is 264 g/mol. The second-order valence-corrected chi connectivity index (χ2v) is 3.71. The van der Waals surface area contributed by atoms with Gasteiger partial charge >= 0.3 is 0 Å². The SMILES string of the molecule is [2H]C1([2H])OC([2H])([2H])C([2H])([2H])N(c2ccc(Br)cc2C)C1([2H])[2H]. The van der Waals surface area contributed by atoms with Crippen LogP contribution in [0, 0.1) is 6.92 Å². The van der Waals surface area contributed by atoms with Crippen LogP contribution in [0.5, 0.6) is 0 Å². The molecule has 0 N–H and O–H groups in total. The number of nitrogens with zero attached hydrogens (tertiary/aromatic N) is 1. The number of hydrogen-bond acceptors (Lipinski definition) is 2. The highest BCUT2D eigenvalue weighted by atomic mass is 79.9. The van der Waals surface area contributed by atoms with Crippen molar-refractivity contribution < 1.29 is 15.7 Å². The monoisotopic (exact) mass is 263 g/mol. The van der Waals surface area contributed by atoms with Crippen molar-refractivity contribution in [1.82, 2.24) is 0 Å². The van der Waals surface area contributed by atoms with Crippen LogP contribution in [0.1, 0.15) is 16.5 Å². The van der Waals surface area contributed by atoms with Gasteiger partial charge in [0, 0.05) is 23.2 Å². The average Bonchev–Trinajstić information content (AvgIpc) is 2.28. The van der Waals surface area contributed by atoms with Gasteiger partial charge in [0.05, 0.1) is 24.1 Å². The Morgan fingerprint density at radius 1 is 1.43 bits per heavy atom. The maximum atomic E-state index is 7.98. The van der Waals surface area contributed by atoms with Crippen molar-refractivity contribution in [2.45, 2.75) is 6.92 Å². The first kappa shape index (κ1) is 4.14. The molecule has 0 aliphatic carbocycles. The summed E-state index contributed by atoms with van der Waals surface area (Å²) in [5.41, 5.74) is 0.518. The Morgan fingerprint density at radius 2 is 2.14 bits per heavy atom. The second-order valence-electron chi connectivity index (χ2n) is 2.80. The minimum Gasteiger partial charge on any atom is -0.378 e. The Hall–Kier alpha value is -0.540. The number of anilines is 1. The zero-order valence-electron chi connectivity index (χ0n) is 15.5. The molecule has 0 radical (unpaired) electrons. The minimum absolute atomic E-state index is 0.0502. The summed E-state index contributed by atoms with van der Waals surface area (Å²) >= 11 is 3.24. The fourth-order valence-corrected chi connectivity index (χ4v) is 1.66. The number of benzene rings is 1. The van der Waals surface area contributed by atoms with E-state index in [0.717, 1.165) is 0 Å². The fourth-order valence-electron chi connectivity index (χ4n) is 1.18. The Balaban J connectivity index is 2.72. The van der Waals surface area contributed by atoms with E-state index in [2.05, 4.69) is 20.7 Å². The van der Waals surface area contributed by atoms with E-state index in [0.29, 0.717) is 14.9 Å². The van der Waals surface area contributed by atoms with Gasteiger partial charge in [-0.2, -0.15) is 0 Å². The highest BCUT2D eigenvalue weighted by Gasteiger charge is 2.12. The molecular weight excluding hydrogens is 242 g/mol. The second kappa shape index (κ2) is 4.32. The molecule has 1 saturated heterocycles. The molecule has 76 valence electrons. The van der Waals surface area contributed by atoms with Gasteiger partial charge in [-0.05, 0) is 30.7 Å². The molecule has 0 saturated carbocycles. The Morgan fingerprint density at radius 3 is 2.79 bits per heavy atom. The summed E-state index contributed by atoms with van der Waals surface area (Å²) in [6.07, 6.45) is 0. The molecule has 0 aromatic heterocycles.